The van der Waals surface area contributed by atoms with Gasteiger partial charge in [0.05, 0.1) is 11.4 Å². The molecule has 0 spiro atoms. The molecule has 6 nitrogen and oxygen atoms in total. The van der Waals surface area contributed by atoms with Crippen LogP contribution in [0.25, 0.3) is 0 Å². The van der Waals surface area contributed by atoms with Crippen LogP contribution in [0.4, 0.5) is 11.4 Å². The lowest BCUT2D eigenvalue weighted by atomic mass is 9.92. The minimum atomic E-state index is -0.327. The molecule has 150 valence electrons. The summed E-state index contributed by atoms with van der Waals surface area (Å²) in [6.07, 6.45) is 4.59. The molecule has 0 unspecified atom stereocenters. The Kier molecular flexibility index (Phi) is 6.34. The first-order valence-corrected chi connectivity index (χ1v) is 9.60. The van der Waals surface area contributed by atoms with E-state index in [2.05, 4.69) is 17.2 Å². The highest BCUT2D eigenvalue weighted by molar-refractivity contribution is 6.25. The molecular formula is C23H24N2O4. The topological polar surface area (TPSA) is 102 Å². The highest BCUT2D eigenvalue weighted by Gasteiger charge is 2.27. The first kappa shape index (κ1) is 20.2. The van der Waals surface area contributed by atoms with Gasteiger partial charge in [-0.25, -0.2) is 4.99 Å². The molecule has 3 rings (SSSR count). The molecule has 0 saturated carbocycles. The number of phenolic OH excluding ortho intramolecular Hbond substituents is 2. The largest absolute Gasteiger partial charge is 0.508 e. The maximum atomic E-state index is 12.7. The number of hydrogen-bond acceptors (Lipinski definition) is 6. The second-order valence-electron chi connectivity index (χ2n) is 6.85. The maximum Gasteiger partial charge on any atom is 0.206 e. The second-order valence-corrected chi connectivity index (χ2v) is 6.85. The minimum Gasteiger partial charge on any atom is -0.508 e. The van der Waals surface area contributed by atoms with Gasteiger partial charge in [-0.05, 0) is 61.4 Å². The number of anilines is 1. The predicted molar refractivity (Wildman–Crippen MR) is 114 cm³/mol. The van der Waals surface area contributed by atoms with E-state index in [-0.39, 0.29) is 23.0 Å². The van der Waals surface area contributed by atoms with E-state index in [1.54, 1.807) is 24.3 Å². The van der Waals surface area contributed by atoms with Crippen molar-refractivity contribution >= 4 is 22.9 Å². The van der Waals surface area contributed by atoms with E-state index in [1.807, 2.05) is 0 Å². The molecule has 0 fully saturated rings. The average molecular weight is 392 g/mol. The summed E-state index contributed by atoms with van der Waals surface area (Å²) in [5.41, 5.74) is 2.56. The lowest BCUT2D eigenvalue weighted by Crippen LogP contribution is -2.24. The average Bonchev–Trinajstić information content (AvgIpc) is 2.70. The Labute approximate surface area is 169 Å². The molecule has 29 heavy (non-hydrogen) atoms. The van der Waals surface area contributed by atoms with Crippen LogP contribution in [-0.4, -0.2) is 26.8 Å². The number of phenols is 2. The van der Waals surface area contributed by atoms with Crippen molar-refractivity contribution in [3.8, 4) is 11.5 Å². The highest BCUT2D eigenvalue weighted by Crippen LogP contribution is 2.29. The normalized spacial score (nSPS) is 15.6. The lowest BCUT2D eigenvalue weighted by Gasteiger charge is -2.21. The highest BCUT2D eigenvalue weighted by atomic mass is 16.3. The fourth-order valence-corrected chi connectivity index (χ4v) is 3.09. The third-order valence-corrected chi connectivity index (χ3v) is 4.60. The Bertz CT molecular complexity index is 971. The number of aliphatic hydroxyl groups excluding tert-OH is 1. The third-order valence-electron chi connectivity index (χ3n) is 4.60. The first-order chi connectivity index (χ1) is 14.0. The summed E-state index contributed by atoms with van der Waals surface area (Å²) in [4.78, 5) is 17.2. The molecular weight excluding hydrogens is 368 g/mol. The fraction of sp³-hybridized carbons (Fsp3) is 0.217. The Balaban J connectivity index is 2.04. The summed E-state index contributed by atoms with van der Waals surface area (Å²) in [5.74, 6) is -0.242. The zero-order valence-corrected chi connectivity index (χ0v) is 16.2. The van der Waals surface area contributed by atoms with Gasteiger partial charge in [0.15, 0.2) is 0 Å². The number of unbranched alkanes of at least 4 members (excludes halogenated alkanes) is 2. The van der Waals surface area contributed by atoms with E-state index in [9.17, 15) is 20.1 Å². The molecule has 0 atom stereocenters. The monoisotopic (exact) mass is 392 g/mol. The van der Waals surface area contributed by atoms with Crippen LogP contribution in [0.1, 0.15) is 32.6 Å². The van der Waals surface area contributed by atoms with Crippen molar-refractivity contribution in [2.45, 2.75) is 32.6 Å². The Hall–Kier alpha value is -3.54. The number of benzene rings is 2. The van der Waals surface area contributed by atoms with Crippen LogP contribution in [0.3, 0.4) is 0 Å². The Morgan fingerprint density at radius 1 is 0.897 bits per heavy atom. The molecule has 4 N–H and O–H groups in total. The van der Waals surface area contributed by atoms with Gasteiger partial charge in [-0.15, -0.1) is 0 Å². The number of allylic oxidation sites excluding steroid dienone is 2. The maximum absolute atomic E-state index is 12.7. The van der Waals surface area contributed by atoms with Gasteiger partial charge in [-0.3, -0.25) is 4.79 Å². The van der Waals surface area contributed by atoms with E-state index >= 15 is 0 Å². The number of ketones is 1. The third kappa shape index (κ3) is 5.04. The lowest BCUT2D eigenvalue weighted by molar-refractivity contribution is -0.111. The van der Waals surface area contributed by atoms with Crippen molar-refractivity contribution in [1.29, 1.82) is 0 Å². The van der Waals surface area contributed by atoms with Gasteiger partial charge in [0.2, 0.25) is 5.78 Å². The summed E-state index contributed by atoms with van der Waals surface area (Å²) < 4.78 is 0. The summed E-state index contributed by atoms with van der Waals surface area (Å²) in [5, 5.41) is 32.6. The van der Waals surface area contributed by atoms with Crippen molar-refractivity contribution in [3.05, 3.63) is 71.6 Å². The molecule has 0 heterocycles. The van der Waals surface area contributed by atoms with E-state index < -0.39 is 0 Å². The predicted octanol–water partition coefficient (Wildman–Crippen LogP) is 5.14. The van der Waals surface area contributed by atoms with Crippen LogP contribution in [0.5, 0.6) is 11.5 Å². The molecule has 1 aliphatic carbocycles. The van der Waals surface area contributed by atoms with Gasteiger partial charge in [-0.2, -0.15) is 0 Å². The molecule has 0 saturated heterocycles. The zero-order valence-electron chi connectivity index (χ0n) is 16.2. The molecule has 1 aliphatic rings. The molecule has 0 bridgehead atoms. The van der Waals surface area contributed by atoms with Crippen LogP contribution in [0.2, 0.25) is 0 Å². The number of nitrogens with one attached hydrogen (secondary N) is 1. The first-order valence-electron chi connectivity index (χ1n) is 9.60. The number of hydrogen-bond donors (Lipinski definition) is 4. The Morgan fingerprint density at radius 2 is 1.52 bits per heavy atom. The van der Waals surface area contributed by atoms with Gasteiger partial charge >= 0.3 is 0 Å². The number of rotatable bonds is 7. The van der Waals surface area contributed by atoms with E-state index in [4.69, 9.17) is 0 Å². The molecule has 0 aromatic heterocycles. The van der Waals surface area contributed by atoms with Gasteiger partial charge < -0.3 is 20.6 Å². The quantitative estimate of drug-likeness (QED) is 0.297. The van der Waals surface area contributed by atoms with Crippen LogP contribution in [-0.2, 0) is 4.79 Å². The standard InChI is InChI=1S/C23H24N2O4/c1-2-3-4-5-19-22(24-15-6-10-17(26)11-7-15)20(28)14-21(29)23(19)25-16-8-12-18(27)13-9-16/h6-14,24,26-27,29H,2-5H2,1H3/b25-23-. The number of carbonyl (C=O) groups is 1. The molecule has 2 aromatic rings. The van der Waals surface area contributed by atoms with Crippen molar-refractivity contribution in [1.82, 2.24) is 0 Å². The van der Waals surface area contributed by atoms with Gasteiger partial charge in [0.1, 0.15) is 23.0 Å². The van der Waals surface area contributed by atoms with E-state index in [1.165, 1.54) is 24.3 Å². The number of carbonyl (C=O) groups excluding carboxylic acids is 1. The van der Waals surface area contributed by atoms with Crippen molar-refractivity contribution in [2.24, 2.45) is 4.99 Å². The van der Waals surface area contributed by atoms with Gasteiger partial charge in [0.25, 0.3) is 0 Å². The number of aromatic hydroxyl groups is 2. The second kappa shape index (κ2) is 9.10. The van der Waals surface area contributed by atoms with E-state index in [0.29, 0.717) is 34.8 Å². The molecule has 2 aromatic carbocycles. The SMILES string of the molecule is CCCCCC1=C(Nc2ccc(O)cc2)C(=O)C=C(O)/C1=N\c1ccc(O)cc1. The van der Waals surface area contributed by atoms with E-state index in [0.717, 1.165) is 25.3 Å². The minimum absolute atomic E-state index is 0.126. The van der Waals surface area contributed by atoms with Crippen molar-refractivity contribution in [3.63, 3.8) is 0 Å². The van der Waals surface area contributed by atoms with Gasteiger partial charge in [-0.1, -0.05) is 19.8 Å². The number of nitrogens with zero attached hydrogens (tertiary/aromatic N) is 1. The molecule has 0 radical (unpaired) electrons. The molecule has 0 amide bonds. The summed E-state index contributed by atoms with van der Waals surface area (Å²) >= 11 is 0. The smallest absolute Gasteiger partial charge is 0.206 e. The summed E-state index contributed by atoms with van der Waals surface area (Å²) in [6.45, 7) is 2.10. The fourth-order valence-electron chi connectivity index (χ4n) is 3.09. The molecule has 6 heteroatoms. The Morgan fingerprint density at radius 3 is 2.14 bits per heavy atom. The summed E-state index contributed by atoms with van der Waals surface area (Å²) in [6, 6.07) is 12.7. The van der Waals surface area contributed by atoms with Crippen LogP contribution < -0.4 is 5.32 Å². The van der Waals surface area contributed by atoms with Crippen molar-refractivity contribution in [2.75, 3.05) is 5.32 Å². The van der Waals surface area contributed by atoms with Crippen LogP contribution >= 0.6 is 0 Å². The number of aliphatic imine (C=N–C) groups is 1. The van der Waals surface area contributed by atoms with Crippen molar-refractivity contribution < 1.29 is 20.1 Å². The summed E-state index contributed by atoms with van der Waals surface area (Å²) in [7, 11) is 0. The van der Waals surface area contributed by atoms with Crippen LogP contribution in [0, 0.1) is 0 Å². The molecule has 0 aliphatic heterocycles. The zero-order chi connectivity index (χ0) is 20.8. The van der Waals surface area contributed by atoms with Crippen LogP contribution in [0.15, 0.2) is 76.6 Å². The number of aliphatic hydroxyl groups is 1. The van der Waals surface area contributed by atoms with Gasteiger partial charge in [0, 0.05) is 17.3 Å².